The molecule has 2 atom stereocenters. The fourth-order valence-electron chi connectivity index (χ4n) is 2.77. The second-order valence-electron chi connectivity index (χ2n) is 5.72. The van der Waals surface area contributed by atoms with Gasteiger partial charge in [-0.05, 0) is 59.8 Å². The van der Waals surface area contributed by atoms with E-state index in [9.17, 15) is 18.3 Å². The van der Waals surface area contributed by atoms with E-state index in [1.165, 1.54) is 0 Å². The second kappa shape index (κ2) is 6.47. The summed E-state index contributed by atoms with van der Waals surface area (Å²) >= 11 is 3.30. The smallest absolute Gasteiger partial charge is 0.388 e. The molecule has 1 aliphatic rings. The van der Waals surface area contributed by atoms with Gasteiger partial charge in [0, 0.05) is 16.7 Å². The molecule has 0 bridgehead atoms. The van der Waals surface area contributed by atoms with Crippen molar-refractivity contribution in [1.82, 2.24) is 0 Å². The van der Waals surface area contributed by atoms with Crippen molar-refractivity contribution in [1.29, 1.82) is 5.26 Å². The van der Waals surface area contributed by atoms with E-state index in [0.29, 0.717) is 28.6 Å². The van der Waals surface area contributed by atoms with Gasteiger partial charge in [-0.15, -0.1) is 0 Å². The van der Waals surface area contributed by atoms with Crippen LogP contribution in [0.25, 0.3) is 0 Å². The third-order valence-electron chi connectivity index (χ3n) is 3.99. The Balaban J connectivity index is 2.02. The molecule has 1 saturated carbocycles. The SMILES string of the molecule is N#Cc1ccc(NCC2(O)CCCC(C(F)(F)F)C2)c(Br)c1. The number of rotatable bonds is 3. The molecule has 0 amide bonds. The van der Waals surface area contributed by atoms with E-state index in [1.807, 2.05) is 6.07 Å². The highest BCUT2D eigenvalue weighted by Crippen LogP contribution is 2.42. The van der Waals surface area contributed by atoms with Crippen LogP contribution in [0, 0.1) is 17.2 Å². The highest BCUT2D eigenvalue weighted by Gasteiger charge is 2.46. The topological polar surface area (TPSA) is 56.0 Å². The molecule has 0 aromatic heterocycles. The Labute approximate surface area is 135 Å². The van der Waals surface area contributed by atoms with E-state index in [4.69, 9.17) is 5.26 Å². The van der Waals surface area contributed by atoms with Crippen molar-refractivity contribution in [3.8, 4) is 6.07 Å². The zero-order valence-corrected chi connectivity index (χ0v) is 13.3. The van der Waals surface area contributed by atoms with E-state index in [2.05, 4.69) is 21.2 Å². The molecule has 0 heterocycles. The van der Waals surface area contributed by atoms with Gasteiger partial charge in [0.05, 0.1) is 23.2 Å². The lowest BCUT2D eigenvalue weighted by Crippen LogP contribution is -2.45. The first-order valence-corrected chi connectivity index (χ1v) is 7.75. The number of halogens is 4. The normalized spacial score (nSPS) is 25.5. The summed E-state index contributed by atoms with van der Waals surface area (Å²) < 4.78 is 39.1. The Bertz CT molecular complexity index is 585. The van der Waals surface area contributed by atoms with Gasteiger partial charge in [-0.2, -0.15) is 18.4 Å². The summed E-state index contributed by atoms with van der Waals surface area (Å²) in [5, 5.41) is 22.2. The number of nitriles is 1. The van der Waals surface area contributed by atoms with Gasteiger partial charge in [0.1, 0.15) is 0 Å². The van der Waals surface area contributed by atoms with Gasteiger partial charge in [0.25, 0.3) is 0 Å². The quantitative estimate of drug-likeness (QED) is 0.830. The summed E-state index contributed by atoms with van der Waals surface area (Å²) in [4.78, 5) is 0. The standard InChI is InChI=1S/C15H16BrF3N2O/c16-12-6-10(8-20)3-4-13(12)21-9-14(22)5-1-2-11(7-14)15(17,18)19/h3-4,6,11,21-22H,1-2,5,7,9H2. The molecular formula is C15H16BrF3N2O. The third kappa shape index (κ3) is 4.14. The summed E-state index contributed by atoms with van der Waals surface area (Å²) in [6.45, 7) is 0.0457. The Kier molecular flexibility index (Phi) is 5.03. The third-order valence-corrected chi connectivity index (χ3v) is 4.65. The average molecular weight is 377 g/mol. The molecule has 1 aromatic carbocycles. The van der Waals surface area contributed by atoms with Crippen LogP contribution >= 0.6 is 15.9 Å². The molecular weight excluding hydrogens is 361 g/mol. The van der Waals surface area contributed by atoms with Crippen LogP contribution in [0.4, 0.5) is 18.9 Å². The maximum absolute atomic E-state index is 12.8. The van der Waals surface area contributed by atoms with Crippen LogP contribution < -0.4 is 5.32 Å². The van der Waals surface area contributed by atoms with Gasteiger partial charge in [0.2, 0.25) is 0 Å². The van der Waals surface area contributed by atoms with E-state index >= 15 is 0 Å². The number of hydrogen-bond acceptors (Lipinski definition) is 3. The van der Waals surface area contributed by atoms with Crippen LogP contribution in [-0.4, -0.2) is 23.4 Å². The van der Waals surface area contributed by atoms with E-state index in [0.717, 1.165) is 0 Å². The fourth-order valence-corrected chi connectivity index (χ4v) is 3.29. The summed E-state index contributed by atoms with van der Waals surface area (Å²) in [6.07, 6.45) is -3.76. The first-order chi connectivity index (χ1) is 10.2. The van der Waals surface area contributed by atoms with Crippen molar-refractivity contribution in [2.75, 3.05) is 11.9 Å². The minimum absolute atomic E-state index is 0.0457. The van der Waals surface area contributed by atoms with Crippen molar-refractivity contribution in [2.45, 2.75) is 37.5 Å². The highest BCUT2D eigenvalue weighted by molar-refractivity contribution is 9.10. The van der Waals surface area contributed by atoms with Crippen LogP contribution in [0.5, 0.6) is 0 Å². The lowest BCUT2D eigenvalue weighted by molar-refractivity contribution is -0.199. The first-order valence-electron chi connectivity index (χ1n) is 6.96. The van der Waals surface area contributed by atoms with Gasteiger partial charge in [-0.3, -0.25) is 0 Å². The van der Waals surface area contributed by atoms with E-state index in [1.54, 1.807) is 18.2 Å². The van der Waals surface area contributed by atoms with Crippen LogP contribution in [0.3, 0.4) is 0 Å². The number of aliphatic hydroxyl groups is 1. The summed E-state index contributed by atoms with van der Waals surface area (Å²) in [7, 11) is 0. The maximum atomic E-state index is 12.8. The maximum Gasteiger partial charge on any atom is 0.391 e. The van der Waals surface area contributed by atoms with Crippen LogP contribution in [-0.2, 0) is 0 Å². The number of alkyl halides is 3. The lowest BCUT2D eigenvalue weighted by Gasteiger charge is -2.38. The molecule has 22 heavy (non-hydrogen) atoms. The summed E-state index contributed by atoms with van der Waals surface area (Å²) in [5.41, 5.74) is -0.251. The van der Waals surface area contributed by atoms with Gasteiger partial charge in [-0.25, -0.2) is 0 Å². The zero-order chi connectivity index (χ0) is 16.4. The van der Waals surface area contributed by atoms with Gasteiger partial charge in [-0.1, -0.05) is 0 Å². The monoisotopic (exact) mass is 376 g/mol. The van der Waals surface area contributed by atoms with Crippen LogP contribution in [0.1, 0.15) is 31.2 Å². The largest absolute Gasteiger partial charge is 0.391 e. The number of anilines is 1. The lowest BCUT2D eigenvalue weighted by atomic mass is 9.77. The minimum atomic E-state index is -4.26. The molecule has 120 valence electrons. The number of nitrogens with one attached hydrogen (secondary N) is 1. The first kappa shape index (κ1) is 17.1. The molecule has 3 nitrogen and oxygen atoms in total. The van der Waals surface area contributed by atoms with E-state index < -0.39 is 17.7 Å². The predicted molar refractivity (Wildman–Crippen MR) is 80.3 cm³/mol. The second-order valence-corrected chi connectivity index (χ2v) is 6.57. The van der Waals surface area contributed by atoms with Crippen LogP contribution in [0.15, 0.2) is 22.7 Å². The predicted octanol–water partition coefficient (Wildman–Crippen LogP) is 4.22. The van der Waals surface area contributed by atoms with Crippen LogP contribution in [0.2, 0.25) is 0 Å². The van der Waals surface area contributed by atoms with Gasteiger partial charge < -0.3 is 10.4 Å². The number of nitrogens with zero attached hydrogens (tertiary/aromatic N) is 1. The molecule has 2 N–H and O–H groups in total. The molecule has 0 saturated heterocycles. The van der Waals surface area contributed by atoms with Crippen molar-refractivity contribution < 1.29 is 18.3 Å². The molecule has 7 heteroatoms. The molecule has 0 aliphatic heterocycles. The fraction of sp³-hybridized carbons (Fsp3) is 0.533. The minimum Gasteiger partial charge on any atom is -0.388 e. The number of hydrogen-bond donors (Lipinski definition) is 2. The Morgan fingerprint density at radius 2 is 2.18 bits per heavy atom. The Hall–Kier alpha value is -1.26. The average Bonchev–Trinajstić information content (AvgIpc) is 2.45. The van der Waals surface area contributed by atoms with Crippen molar-refractivity contribution >= 4 is 21.6 Å². The molecule has 2 rings (SSSR count). The van der Waals surface area contributed by atoms with Gasteiger partial charge in [0.15, 0.2) is 0 Å². The highest BCUT2D eigenvalue weighted by atomic mass is 79.9. The van der Waals surface area contributed by atoms with Gasteiger partial charge >= 0.3 is 6.18 Å². The molecule has 2 unspecified atom stereocenters. The van der Waals surface area contributed by atoms with Crippen molar-refractivity contribution in [3.63, 3.8) is 0 Å². The summed E-state index contributed by atoms with van der Waals surface area (Å²) in [5.74, 6) is -1.45. The Morgan fingerprint density at radius 1 is 1.45 bits per heavy atom. The molecule has 1 aromatic rings. The molecule has 0 radical (unpaired) electrons. The molecule has 1 fully saturated rings. The van der Waals surface area contributed by atoms with E-state index in [-0.39, 0.29) is 19.4 Å². The summed E-state index contributed by atoms with van der Waals surface area (Å²) in [6, 6.07) is 6.89. The molecule has 1 aliphatic carbocycles. The zero-order valence-electron chi connectivity index (χ0n) is 11.8. The Morgan fingerprint density at radius 3 is 2.77 bits per heavy atom. The molecule has 0 spiro atoms. The van der Waals surface area contributed by atoms with Crippen molar-refractivity contribution in [2.24, 2.45) is 5.92 Å². The number of benzene rings is 1. The van der Waals surface area contributed by atoms with Crippen molar-refractivity contribution in [3.05, 3.63) is 28.2 Å².